The van der Waals surface area contributed by atoms with Gasteiger partial charge in [-0.05, 0) is 12.5 Å². The molecule has 4 atom stereocenters. The van der Waals surface area contributed by atoms with Crippen LogP contribution in [0.25, 0.3) is 0 Å². The topological polar surface area (TPSA) is 47.6 Å². The lowest BCUT2D eigenvalue weighted by molar-refractivity contribution is -0.0704. The van der Waals surface area contributed by atoms with Crippen LogP contribution in [0.2, 0.25) is 0 Å². The molecule has 1 aromatic carbocycles. The van der Waals surface area contributed by atoms with Gasteiger partial charge in [0, 0.05) is 22.8 Å². The molecule has 2 heterocycles. The fourth-order valence-electron chi connectivity index (χ4n) is 3.37. The quantitative estimate of drug-likeness (QED) is 0.907. The molecule has 2 aliphatic heterocycles. The van der Waals surface area contributed by atoms with Crippen LogP contribution in [0.1, 0.15) is 18.9 Å². The second-order valence-electron chi connectivity index (χ2n) is 5.75. The Labute approximate surface area is 131 Å². The Balaban J connectivity index is 2.11. The summed E-state index contributed by atoms with van der Waals surface area (Å²) in [7, 11) is 0. The fourth-order valence-corrected chi connectivity index (χ4v) is 4.47. The van der Waals surface area contributed by atoms with E-state index in [1.54, 1.807) is 0 Å². The molecule has 22 heavy (non-hydrogen) atoms. The number of amidine groups is 1. The number of hydrogen-bond acceptors (Lipinski definition) is 4. The molecule has 0 spiro atoms. The van der Waals surface area contributed by atoms with Gasteiger partial charge in [0.15, 0.2) is 5.17 Å². The minimum atomic E-state index is -1.02. The SMILES string of the molecule is C[C@H]1SC(N)=N[C@@]2(c3ccc(F)cc3F)CO[C@@H](CF)C[C@@H]12. The number of ether oxygens (including phenoxy) is 1. The van der Waals surface area contributed by atoms with E-state index in [2.05, 4.69) is 4.99 Å². The van der Waals surface area contributed by atoms with Crippen LogP contribution in [0, 0.1) is 17.6 Å². The van der Waals surface area contributed by atoms with Crippen molar-refractivity contribution in [2.45, 2.75) is 30.2 Å². The highest BCUT2D eigenvalue weighted by Gasteiger charge is 2.52. The van der Waals surface area contributed by atoms with Crippen LogP contribution in [0.5, 0.6) is 0 Å². The van der Waals surface area contributed by atoms with Gasteiger partial charge in [-0.15, -0.1) is 0 Å². The smallest absolute Gasteiger partial charge is 0.155 e. The lowest BCUT2D eigenvalue weighted by atomic mass is 9.72. The maximum atomic E-state index is 14.3. The van der Waals surface area contributed by atoms with Crippen molar-refractivity contribution in [1.82, 2.24) is 0 Å². The molecule has 0 unspecified atom stereocenters. The van der Waals surface area contributed by atoms with E-state index in [0.717, 1.165) is 6.07 Å². The first-order valence-electron chi connectivity index (χ1n) is 7.11. The first-order valence-corrected chi connectivity index (χ1v) is 7.99. The largest absolute Gasteiger partial charge is 0.379 e. The van der Waals surface area contributed by atoms with Gasteiger partial charge in [-0.25, -0.2) is 18.2 Å². The number of nitrogens with two attached hydrogens (primary N) is 1. The Morgan fingerprint density at radius 2 is 2.23 bits per heavy atom. The molecule has 3 rings (SSSR count). The van der Waals surface area contributed by atoms with Crippen LogP contribution in [0.3, 0.4) is 0 Å². The van der Waals surface area contributed by atoms with Crippen molar-refractivity contribution < 1.29 is 17.9 Å². The lowest BCUT2D eigenvalue weighted by Crippen LogP contribution is -2.53. The minimum Gasteiger partial charge on any atom is -0.379 e. The summed E-state index contributed by atoms with van der Waals surface area (Å²) in [5.74, 6) is -1.45. The zero-order valence-corrected chi connectivity index (χ0v) is 12.9. The molecule has 1 aromatic rings. The molecular weight excluding hydrogens is 313 g/mol. The standard InChI is InChI=1S/C15H17F3N2OS/c1-8-12-5-10(6-16)21-7-15(12,20-14(19)22-8)11-3-2-9(17)4-13(11)18/h2-4,8,10,12H,5-7H2,1H3,(H2,19,20)/t8-,10-,12+,15-/m1/s1. The molecule has 0 aromatic heterocycles. The molecule has 1 saturated heterocycles. The van der Waals surface area contributed by atoms with Crippen LogP contribution >= 0.6 is 11.8 Å². The number of thioether (sulfide) groups is 1. The third-order valence-electron chi connectivity index (χ3n) is 4.42. The van der Waals surface area contributed by atoms with E-state index in [9.17, 15) is 13.2 Å². The molecule has 7 heteroatoms. The summed E-state index contributed by atoms with van der Waals surface area (Å²) in [5.41, 5.74) is 5.13. The van der Waals surface area contributed by atoms with Crippen LogP contribution < -0.4 is 5.73 Å². The first kappa shape index (κ1) is 15.7. The van der Waals surface area contributed by atoms with Gasteiger partial charge in [0.1, 0.15) is 23.8 Å². The van der Waals surface area contributed by atoms with Gasteiger partial charge in [0.25, 0.3) is 0 Å². The van der Waals surface area contributed by atoms with E-state index >= 15 is 0 Å². The third-order valence-corrected chi connectivity index (χ3v) is 5.46. The normalized spacial score (nSPS) is 34.9. The number of rotatable bonds is 2. The summed E-state index contributed by atoms with van der Waals surface area (Å²) in [6.07, 6.45) is -0.0858. The number of aliphatic imine (C=N–C) groups is 1. The van der Waals surface area contributed by atoms with Crippen molar-refractivity contribution in [3.05, 3.63) is 35.4 Å². The highest BCUT2D eigenvalue weighted by atomic mass is 32.2. The van der Waals surface area contributed by atoms with Crippen molar-refractivity contribution in [1.29, 1.82) is 0 Å². The highest BCUT2D eigenvalue weighted by molar-refractivity contribution is 8.14. The van der Waals surface area contributed by atoms with E-state index in [1.165, 1.54) is 23.9 Å². The summed E-state index contributed by atoms with van der Waals surface area (Å²) in [5, 5.41) is 0.384. The molecule has 0 amide bonds. The van der Waals surface area contributed by atoms with Crippen LogP contribution in [0.4, 0.5) is 13.2 Å². The number of nitrogens with zero attached hydrogens (tertiary/aromatic N) is 1. The van der Waals surface area contributed by atoms with Crippen molar-refractivity contribution in [3.63, 3.8) is 0 Å². The van der Waals surface area contributed by atoms with E-state index in [4.69, 9.17) is 10.5 Å². The fraction of sp³-hybridized carbons (Fsp3) is 0.533. The van der Waals surface area contributed by atoms with Crippen molar-refractivity contribution >= 4 is 16.9 Å². The molecule has 120 valence electrons. The molecule has 0 radical (unpaired) electrons. The minimum absolute atomic E-state index is 0.0416. The zero-order chi connectivity index (χ0) is 15.9. The third kappa shape index (κ3) is 2.50. The average molecular weight is 330 g/mol. The van der Waals surface area contributed by atoms with Gasteiger partial charge in [0.2, 0.25) is 0 Å². The van der Waals surface area contributed by atoms with Crippen molar-refractivity contribution in [3.8, 4) is 0 Å². The summed E-state index contributed by atoms with van der Waals surface area (Å²) in [4.78, 5) is 4.46. The van der Waals surface area contributed by atoms with E-state index in [0.29, 0.717) is 11.6 Å². The van der Waals surface area contributed by atoms with E-state index < -0.39 is 30.0 Å². The predicted octanol–water partition coefficient (Wildman–Crippen LogP) is 2.98. The maximum Gasteiger partial charge on any atom is 0.155 e. The van der Waals surface area contributed by atoms with Gasteiger partial charge >= 0.3 is 0 Å². The van der Waals surface area contributed by atoms with Crippen LogP contribution in [-0.2, 0) is 10.3 Å². The van der Waals surface area contributed by atoms with E-state index in [1.807, 2.05) is 6.92 Å². The first-order chi connectivity index (χ1) is 10.5. The maximum absolute atomic E-state index is 14.3. The van der Waals surface area contributed by atoms with Crippen LogP contribution in [0.15, 0.2) is 23.2 Å². The summed E-state index contributed by atoms with van der Waals surface area (Å²) >= 11 is 1.39. The van der Waals surface area contributed by atoms with Crippen molar-refractivity contribution in [2.24, 2.45) is 16.6 Å². The number of fused-ring (bicyclic) bond motifs is 1. The predicted molar refractivity (Wildman–Crippen MR) is 80.5 cm³/mol. The van der Waals surface area contributed by atoms with Crippen LogP contribution in [-0.4, -0.2) is 29.8 Å². The van der Waals surface area contributed by atoms with Gasteiger partial charge < -0.3 is 10.5 Å². The zero-order valence-electron chi connectivity index (χ0n) is 12.1. The van der Waals surface area contributed by atoms with Gasteiger partial charge in [-0.3, -0.25) is 0 Å². The number of alkyl halides is 1. The number of hydrogen-bond donors (Lipinski definition) is 1. The molecule has 2 aliphatic rings. The average Bonchev–Trinajstić information content (AvgIpc) is 2.46. The Morgan fingerprint density at radius 1 is 1.45 bits per heavy atom. The number of halogens is 3. The lowest BCUT2D eigenvalue weighted by Gasteiger charge is -2.48. The summed E-state index contributed by atoms with van der Waals surface area (Å²) in [6, 6.07) is 3.42. The highest BCUT2D eigenvalue weighted by Crippen LogP contribution is 2.49. The molecule has 3 nitrogen and oxygen atoms in total. The number of benzene rings is 1. The molecule has 1 fully saturated rings. The monoisotopic (exact) mass is 330 g/mol. The summed E-state index contributed by atoms with van der Waals surface area (Å²) in [6.45, 7) is 1.42. The van der Waals surface area contributed by atoms with Gasteiger partial charge in [0.05, 0.1) is 12.7 Å². The summed E-state index contributed by atoms with van der Waals surface area (Å²) < 4.78 is 46.1. The molecule has 0 bridgehead atoms. The second kappa shape index (κ2) is 5.77. The Hall–Kier alpha value is -1.21. The molecule has 0 aliphatic carbocycles. The van der Waals surface area contributed by atoms with Crippen molar-refractivity contribution in [2.75, 3.05) is 13.3 Å². The Bertz CT molecular complexity index is 612. The second-order valence-corrected chi connectivity index (χ2v) is 7.15. The molecule has 2 N–H and O–H groups in total. The van der Waals surface area contributed by atoms with Gasteiger partial charge in [-0.1, -0.05) is 24.8 Å². The van der Waals surface area contributed by atoms with Gasteiger partial charge in [-0.2, -0.15) is 0 Å². The molecular formula is C15H17F3N2OS. The Morgan fingerprint density at radius 3 is 2.91 bits per heavy atom. The Kier molecular flexibility index (Phi) is 4.11. The van der Waals surface area contributed by atoms with E-state index in [-0.39, 0.29) is 23.3 Å². The molecule has 0 saturated carbocycles.